The minimum absolute atomic E-state index is 1.37. The Balaban J connectivity index is 3.01. The van der Waals surface area contributed by atoms with E-state index in [0.717, 1.165) is 0 Å². The van der Waals surface area contributed by atoms with E-state index in [2.05, 4.69) is 20.3 Å². The molecule has 0 rings (SSSR count). The van der Waals surface area contributed by atoms with Crippen LogP contribution in [0.1, 0.15) is 251 Å². The molecule has 1 radical (unpaired) electrons. The van der Waals surface area contributed by atoms with Gasteiger partial charge in [0, 0.05) is 0 Å². The van der Waals surface area contributed by atoms with E-state index in [1.807, 2.05) is 0 Å². The monoisotopic (exact) mass is 562 g/mol. The minimum atomic E-state index is 1.37. The first-order valence-electron chi connectivity index (χ1n) is 19.7. The van der Waals surface area contributed by atoms with Gasteiger partial charge in [-0.2, -0.15) is 0 Å². The van der Waals surface area contributed by atoms with E-state index in [-0.39, 0.29) is 0 Å². The molecule has 0 aromatic rings. The summed E-state index contributed by atoms with van der Waals surface area (Å²) in [5, 5.41) is 0. The van der Waals surface area contributed by atoms with E-state index >= 15 is 0 Å². The average Bonchev–Trinajstić information content (AvgIpc) is 2.97. The van der Waals surface area contributed by atoms with Gasteiger partial charge in [-0.1, -0.05) is 251 Å². The molecule has 0 aromatic heterocycles. The molecule has 0 nitrogen and oxygen atoms in total. The standard InChI is InChI=1S/C40H81/c1-3-5-7-9-11-13-15-17-19-21-23-25-27-29-31-33-35-37-39-40-38-36-34-32-30-28-26-24-22-20-18-16-14-12-10-8-6-4-2/h39H,3-38,40H2,1-2H3. The van der Waals surface area contributed by atoms with Crippen LogP contribution >= 0.6 is 0 Å². The molecule has 40 heavy (non-hydrogen) atoms. The summed E-state index contributed by atoms with van der Waals surface area (Å²) in [4.78, 5) is 0. The van der Waals surface area contributed by atoms with Gasteiger partial charge in [-0.05, 0) is 6.42 Å². The molecular formula is C40H81. The first kappa shape index (κ1) is 40.0. The van der Waals surface area contributed by atoms with Crippen LogP contribution in [0.15, 0.2) is 0 Å². The van der Waals surface area contributed by atoms with Crippen molar-refractivity contribution in [3.63, 3.8) is 0 Å². The normalized spacial score (nSPS) is 11.6. The second-order valence-corrected chi connectivity index (χ2v) is 13.5. The second-order valence-electron chi connectivity index (χ2n) is 13.5. The van der Waals surface area contributed by atoms with Crippen molar-refractivity contribution in [2.24, 2.45) is 0 Å². The molecule has 0 atom stereocenters. The first-order valence-corrected chi connectivity index (χ1v) is 19.7. The fraction of sp³-hybridized carbons (Fsp3) is 0.975. The van der Waals surface area contributed by atoms with Crippen molar-refractivity contribution in [1.29, 1.82) is 0 Å². The van der Waals surface area contributed by atoms with E-state index < -0.39 is 0 Å². The smallest absolute Gasteiger partial charge is 0.0386 e. The molecular weight excluding hydrogens is 480 g/mol. The third kappa shape index (κ3) is 38.0. The highest BCUT2D eigenvalue weighted by Gasteiger charge is 1.97. The molecule has 241 valence electrons. The third-order valence-corrected chi connectivity index (χ3v) is 9.27. The Morgan fingerprint density at radius 3 is 0.525 bits per heavy atom. The second kappa shape index (κ2) is 39.0. The molecule has 0 heterocycles. The number of unbranched alkanes of at least 4 members (excludes halogenated alkanes) is 37. The molecule has 0 saturated heterocycles. The third-order valence-electron chi connectivity index (χ3n) is 9.27. The van der Waals surface area contributed by atoms with Crippen molar-refractivity contribution < 1.29 is 0 Å². The molecule has 0 heteroatoms. The van der Waals surface area contributed by atoms with Gasteiger partial charge in [-0.3, -0.25) is 0 Å². The lowest BCUT2D eigenvalue weighted by Gasteiger charge is -2.05. The first-order chi connectivity index (χ1) is 19.9. The minimum Gasteiger partial charge on any atom is -0.0654 e. The number of hydrogen-bond donors (Lipinski definition) is 0. The van der Waals surface area contributed by atoms with Crippen LogP contribution in [0.4, 0.5) is 0 Å². The van der Waals surface area contributed by atoms with Gasteiger partial charge in [0.05, 0.1) is 0 Å². The lowest BCUT2D eigenvalue weighted by molar-refractivity contribution is 0.522. The van der Waals surface area contributed by atoms with Crippen molar-refractivity contribution in [2.45, 2.75) is 251 Å². The van der Waals surface area contributed by atoms with Crippen molar-refractivity contribution >= 4 is 0 Å². The zero-order valence-electron chi connectivity index (χ0n) is 28.7. The molecule has 0 aromatic carbocycles. The van der Waals surface area contributed by atoms with Gasteiger partial charge in [0.15, 0.2) is 0 Å². The van der Waals surface area contributed by atoms with Crippen LogP contribution < -0.4 is 0 Å². The zero-order valence-corrected chi connectivity index (χ0v) is 28.7. The van der Waals surface area contributed by atoms with Crippen molar-refractivity contribution in [2.75, 3.05) is 0 Å². The highest BCUT2D eigenvalue weighted by molar-refractivity contribution is 4.65. The Hall–Kier alpha value is 0. The van der Waals surface area contributed by atoms with Crippen LogP contribution in [0.2, 0.25) is 0 Å². The SMILES string of the molecule is CCCCCCCCCCCCCCCCCCC[CH]CCCCCCCCCCCCCCCCCCCC. The fourth-order valence-electron chi connectivity index (χ4n) is 6.35. The van der Waals surface area contributed by atoms with E-state index in [4.69, 9.17) is 0 Å². The van der Waals surface area contributed by atoms with Crippen LogP contribution in [-0.4, -0.2) is 0 Å². The molecule has 0 spiro atoms. The maximum Gasteiger partial charge on any atom is -0.0386 e. The Labute approximate surface area is 257 Å². The summed E-state index contributed by atoms with van der Waals surface area (Å²) >= 11 is 0. The summed E-state index contributed by atoms with van der Waals surface area (Å²) in [5.74, 6) is 0. The molecule has 0 aliphatic heterocycles. The van der Waals surface area contributed by atoms with Crippen LogP contribution in [0, 0.1) is 6.42 Å². The number of rotatable bonds is 37. The Morgan fingerprint density at radius 2 is 0.350 bits per heavy atom. The van der Waals surface area contributed by atoms with E-state index in [0.29, 0.717) is 0 Å². The lowest BCUT2D eigenvalue weighted by Crippen LogP contribution is -1.85. The van der Waals surface area contributed by atoms with Crippen LogP contribution in [0.5, 0.6) is 0 Å². The molecule has 0 aliphatic carbocycles. The van der Waals surface area contributed by atoms with E-state index in [1.54, 1.807) is 0 Å². The predicted octanol–water partition coefficient (Wildman–Crippen LogP) is 15.7. The van der Waals surface area contributed by atoms with E-state index in [1.165, 1.54) is 238 Å². The molecule has 0 amide bonds. The fourth-order valence-corrected chi connectivity index (χ4v) is 6.35. The maximum absolute atomic E-state index is 2.59. The Bertz CT molecular complexity index is 361. The summed E-state index contributed by atoms with van der Waals surface area (Å²) in [6.45, 7) is 4.62. The van der Waals surface area contributed by atoms with Crippen molar-refractivity contribution in [3.05, 3.63) is 6.42 Å². The van der Waals surface area contributed by atoms with Gasteiger partial charge in [0.25, 0.3) is 0 Å². The topological polar surface area (TPSA) is 0 Å². The van der Waals surface area contributed by atoms with Gasteiger partial charge in [0.1, 0.15) is 0 Å². The predicted molar refractivity (Wildman–Crippen MR) is 186 cm³/mol. The summed E-state index contributed by atoms with van der Waals surface area (Å²) < 4.78 is 0. The molecule has 0 bridgehead atoms. The average molecular weight is 562 g/mol. The lowest BCUT2D eigenvalue weighted by atomic mass is 10.0. The highest BCUT2D eigenvalue weighted by Crippen LogP contribution is 2.17. The number of hydrogen-bond acceptors (Lipinski definition) is 0. The maximum atomic E-state index is 2.59. The summed E-state index contributed by atoms with van der Waals surface area (Å²) in [6, 6.07) is 0. The quantitative estimate of drug-likeness (QED) is 0.0661. The summed E-state index contributed by atoms with van der Waals surface area (Å²) in [7, 11) is 0. The van der Waals surface area contributed by atoms with Gasteiger partial charge in [-0.25, -0.2) is 0 Å². The van der Waals surface area contributed by atoms with Gasteiger partial charge in [-0.15, -0.1) is 0 Å². The summed E-state index contributed by atoms with van der Waals surface area (Å²) in [6.07, 6.45) is 56.9. The van der Waals surface area contributed by atoms with Crippen molar-refractivity contribution in [3.8, 4) is 0 Å². The Morgan fingerprint density at radius 1 is 0.200 bits per heavy atom. The van der Waals surface area contributed by atoms with Gasteiger partial charge >= 0.3 is 0 Å². The highest BCUT2D eigenvalue weighted by atomic mass is 14.0. The molecule has 0 unspecified atom stereocenters. The Kier molecular flexibility index (Phi) is 39.0. The van der Waals surface area contributed by atoms with Gasteiger partial charge < -0.3 is 0 Å². The van der Waals surface area contributed by atoms with Gasteiger partial charge in [0.2, 0.25) is 0 Å². The van der Waals surface area contributed by atoms with Crippen LogP contribution in [0.3, 0.4) is 0 Å². The molecule has 0 fully saturated rings. The zero-order chi connectivity index (χ0) is 28.9. The largest absolute Gasteiger partial charge is 0.0654 e. The molecule has 0 aliphatic rings. The summed E-state index contributed by atoms with van der Waals surface area (Å²) in [5.41, 5.74) is 0. The van der Waals surface area contributed by atoms with Crippen molar-refractivity contribution in [1.82, 2.24) is 0 Å². The van der Waals surface area contributed by atoms with E-state index in [9.17, 15) is 0 Å². The molecule has 0 N–H and O–H groups in total. The van der Waals surface area contributed by atoms with Crippen LogP contribution in [-0.2, 0) is 0 Å². The van der Waals surface area contributed by atoms with Crippen LogP contribution in [0.25, 0.3) is 0 Å². The molecule has 0 saturated carbocycles.